The lowest BCUT2D eigenvalue weighted by molar-refractivity contribution is -0.133. The first-order valence-electron chi connectivity index (χ1n) is 9.93. The molecule has 1 heterocycles. The smallest absolute Gasteiger partial charge is 0.258 e. The van der Waals surface area contributed by atoms with Gasteiger partial charge < -0.3 is 15.2 Å². The summed E-state index contributed by atoms with van der Waals surface area (Å²) in [4.78, 5) is 45.4. The van der Waals surface area contributed by atoms with Gasteiger partial charge in [-0.25, -0.2) is 4.98 Å². The number of fused-ring (bicyclic) bond motifs is 1. The number of likely N-dealkylation sites (N-methyl/N-ethyl adjacent to an activating group) is 1. The third-order valence-corrected chi connectivity index (χ3v) is 5.15. The molecule has 7 heteroatoms. The van der Waals surface area contributed by atoms with Gasteiger partial charge in [-0.1, -0.05) is 24.3 Å². The number of aromatic amines is 1. The summed E-state index contributed by atoms with van der Waals surface area (Å²) < 4.78 is 0. The lowest BCUT2D eigenvalue weighted by Crippen LogP contribution is -2.35. The number of nitrogens with one attached hydrogen (secondary N) is 2. The molecule has 0 aliphatic carbocycles. The lowest BCUT2D eigenvalue weighted by Gasteiger charge is -2.17. The Hall–Kier alpha value is -3.48. The van der Waals surface area contributed by atoms with E-state index in [1.165, 1.54) is 4.90 Å². The SMILES string of the molecule is Cc1cccc(NC(=O)CN(C)C(=O)CCCc2nc3ccccc3c(=O)[nH]2)c1C. The predicted octanol–water partition coefficient (Wildman–Crippen LogP) is 2.96. The maximum Gasteiger partial charge on any atom is 0.258 e. The van der Waals surface area contributed by atoms with E-state index in [1.807, 2.05) is 38.1 Å². The fourth-order valence-corrected chi connectivity index (χ4v) is 3.23. The van der Waals surface area contributed by atoms with Crippen LogP contribution in [0.15, 0.2) is 47.3 Å². The molecule has 0 saturated heterocycles. The minimum atomic E-state index is -0.236. The van der Waals surface area contributed by atoms with Crippen LogP contribution >= 0.6 is 0 Å². The molecule has 0 aliphatic rings. The molecule has 0 bridgehead atoms. The van der Waals surface area contributed by atoms with Crippen LogP contribution < -0.4 is 10.9 Å². The molecule has 0 fully saturated rings. The molecule has 2 aromatic carbocycles. The van der Waals surface area contributed by atoms with Gasteiger partial charge in [-0.05, 0) is 49.6 Å². The fraction of sp³-hybridized carbons (Fsp3) is 0.304. The van der Waals surface area contributed by atoms with Crippen molar-refractivity contribution < 1.29 is 9.59 Å². The summed E-state index contributed by atoms with van der Waals surface area (Å²) in [6, 6.07) is 12.9. The number of anilines is 1. The van der Waals surface area contributed by atoms with E-state index in [4.69, 9.17) is 0 Å². The Labute approximate surface area is 175 Å². The van der Waals surface area contributed by atoms with E-state index >= 15 is 0 Å². The minimum absolute atomic E-state index is 0.0166. The van der Waals surface area contributed by atoms with Crippen LogP contribution in [-0.2, 0) is 16.0 Å². The monoisotopic (exact) mass is 406 g/mol. The maximum absolute atomic E-state index is 12.4. The molecular weight excluding hydrogens is 380 g/mol. The number of hydrogen-bond acceptors (Lipinski definition) is 4. The molecule has 0 spiro atoms. The second kappa shape index (κ2) is 9.35. The second-order valence-corrected chi connectivity index (χ2v) is 7.43. The maximum atomic E-state index is 12.4. The zero-order chi connectivity index (χ0) is 21.7. The van der Waals surface area contributed by atoms with Gasteiger partial charge in [-0.2, -0.15) is 0 Å². The molecule has 156 valence electrons. The Morgan fingerprint density at radius 2 is 1.87 bits per heavy atom. The first-order chi connectivity index (χ1) is 14.3. The van der Waals surface area contributed by atoms with Crippen molar-refractivity contribution in [2.24, 2.45) is 0 Å². The quantitative estimate of drug-likeness (QED) is 0.631. The topological polar surface area (TPSA) is 95.2 Å². The van der Waals surface area contributed by atoms with Crippen LogP contribution in [0.25, 0.3) is 10.9 Å². The molecule has 0 atom stereocenters. The van der Waals surface area contributed by atoms with Crippen LogP contribution in [0, 0.1) is 13.8 Å². The Balaban J connectivity index is 1.50. The van der Waals surface area contributed by atoms with Gasteiger partial charge in [0.15, 0.2) is 0 Å². The van der Waals surface area contributed by atoms with Crippen LogP contribution in [-0.4, -0.2) is 40.3 Å². The molecule has 0 aliphatic heterocycles. The number of aryl methyl sites for hydroxylation is 2. The van der Waals surface area contributed by atoms with Crippen molar-refractivity contribution >= 4 is 28.4 Å². The average Bonchev–Trinajstić information content (AvgIpc) is 2.71. The number of benzene rings is 2. The van der Waals surface area contributed by atoms with Gasteiger partial charge >= 0.3 is 0 Å². The van der Waals surface area contributed by atoms with Crippen LogP contribution in [0.2, 0.25) is 0 Å². The number of amides is 2. The van der Waals surface area contributed by atoms with Gasteiger partial charge in [-0.3, -0.25) is 14.4 Å². The van der Waals surface area contributed by atoms with E-state index in [0.29, 0.717) is 29.6 Å². The zero-order valence-corrected chi connectivity index (χ0v) is 17.5. The summed E-state index contributed by atoms with van der Waals surface area (Å²) in [5, 5.41) is 3.41. The number of nitrogens with zero attached hydrogens (tertiary/aromatic N) is 2. The van der Waals surface area contributed by atoms with E-state index in [1.54, 1.807) is 25.2 Å². The molecule has 2 amide bonds. The number of rotatable bonds is 7. The van der Waals surface area contributed by atoms with Crippen LogP contribution in [0.5, 0.6) is 0 Å². The van der Waals surface area contributed by atoms with E-state index in [-0.39, 0.29) is 30.3 Å². The van der Waals surface area contributed by atoms with Crippen LogP contribution in [0.3, 0.4) is 0 Å². The van der Waals surface area contributed by atoms with Crippen molar-refractivity contribution in [1.82, 2.24) is 14.9 Å². The summed E-state index contributed by atoms with van der Waals surface area (Å²) in [6.07, 6.45) is 1.28. The van der Waals surface area contributed by atoms with Gasteiger partial charge in [0.2, 0.25) is 11.8 Å². The number of para-hydroxylation sites is 1. The normalized spacial score (nSPS) is 10.8. The molecular formula is C23H26N4O3. The standard InChI is InChI=1S/C23H26N4O3/c1-15-8-6-11-18(16(15)2)25-21(28)14-27(3)22(29)13-7-12-20-24-19-10-5-4-9-17(19)23(30)26-20/h4-6,8-11H,7,12-14H2,1-3H3,(H,25,28)(H,24,26,30). The number of carbonyl (C=O) groups excluding carboxylic acids is 2. The highest BCUT2D eigenvalue weighted by atomic mass is 16.2. The van der Waals surface area contributed by atoms with Crippen molar-refractivity contribution in [3.63, 3.8) is 0 Å². The average molecular weight is 406 g/mol. The number of hydrogen-bond donors (Lipinski definition) is 2. The fourth-order valence-electron chi connectivity index (χ4n) is 3.23. The van der Waals surface area contributed by atoms with Gasteiger partial charge in [0.25, 0.3) is 5.56 Å². The molecule has 30 heavy (non-hydrogen) atoms. The van der Waals surface area contributed by atoms with Crippen molar-refractivity contribution in [1.29, 1.82) is 0 Å². The number of aromatic nitrogens is 2. The summed E-state index contributed by atoms with van der Waals surface area (Å²) in [5.74, 6) is 0.191. The molecule has 0 radical (unpaired) electrons. The first-order valence-corrected chi connectivity index (χ1v) is 9.93. The summed E-state index contributed by atoms with van der Waals surface area (Å²) in [7, 11) is 1.61. The molecule has 3 aromatic rings. The number of carbonyl (C=O) groups is 2. The van der Waals surface area contributed by atoms with Crippen LogP contribution in [0.1, 0.15) is 29.8 Å². The third kappa shape index (κ3) is 5.11. The first kappa shape index (κ1) is 21.2. The Kier molecular flexibility index (Phi) is 6.61. The molecule has 7 nitrogen and oxygen atoms in total. The van der Waals surface area contributed by atoms with E-state index in [9.17, 15) is 14.4 Å². The Morgan fingerprint density at radius 1 is 1.10 bits per heavy atom. The Morgan fingerprint density at radius 3 is 2.67 bits per heavy atom. The zero-order valence-electron chi connectivity index (χ0n) is 17.5. The summed E-state index contributed by atoms with van der Waals surface area (Å²) in [6.45, 7) is 3.92. The largest absolute Gasteiger partial charge is 0.336 e. The van der Waals surface area contributed by atoms with Crippen LogP contribution in [0.4, 0.5) is 5.69 Å². The number of H-pyrrole nitrogens is 1. The molecule has 1 aromatic heterocycles. The highest BCUT2D eigenvalue weighted by Crippen LogP contribution is 2.17. The summed E-state index contributed by atoms with van der Waals surface area (Å²) in [5.41, 5.74) is 3.33. The molecule has 3 rings (SSSR count). The van der Waals surface area contributed by atoms with Gasteiger partial charge in [-0.15, -0.1) is 0 Å². The van der Waals surface area contributed by atoms with Crippen molar-refractivity contribution in [2.45, 2.75) is 33.1 Å². The molecule has 2 N–H and O–H groups in total. The van der Waals surface area contributed by atoms with E-state index in [2.05, 4.69) is 15.3 Å². The predicted molar refractivity (Wildman–Crippen MR) is 117 cm³/mol. The van der Waals surface area contributed by atoms with Gasteiger partial charge in [0.1, 0.15) is 5.82 Å². The highest BCUT2D eigenvalue weighted by molar-refractivity contribution is 5.95. The summed E-state index contributed by atoms with van der Waals surface area (Å²) >= 11 is 0. The third-order valence-electron chi connectivity index (χ3n) is 5.15. The molecule has 0 saturated carbocycles. The van der Waals surface area contributed by atoms with Gasteiger partial charge in [0.05, 0.1) is 17.4 Å². The van der Waals surface area contributed by atoms with Crippen molar-refractivity contribution in [3.8, 4) is 0 Å². The lowest BCUT2D eigenvalue weighted by atomic mass is 10.1. The molecule has 0 unspecified atom stereocenters. The van der Waals surface area contributed by atoms with E-state index in [0.717, 1.165) is 16.8 Å². The van der Waals surface area contributed by atoms with Crippen molar-refractivity contribution in [2.75, 3.05) is 18.9 Å². The van der Waals surface area contributed by atoms with Gasteiger partial charge in [0, 0.05) is 25.6 Å². The van der Waals surface area contributed by atoms with Crippen molar-refractivity contribution in [3.05, 3.63) is 69.8 Å². The Bertz CT molecular complexity index is 1140. The second-order valence-electron chi connectivity index (χ2n) is 7.43. The minimum Gasteiger partial charge on any atom is -0.336 e. The van der Waals surface area contributed by atoms with E-state index < -0.39 is 0 Å². The highest BCUT2D eigenvalue weighted by Gasteiger charge is 2.14.